The molecule has 1 fully saturated rings. The fourth-order valence-corrected chi connectivity index (χ4v) is 2.89. The fourth-order valence-electron chi connectivity index (χ4n) is 2.89. The molecule has 5 nitrogen and oxygen atoms in total. The minimum Gasteiger partial charge on any atom is -0.484 e. The minimum absolute atomic E-state index is 0.0389. The first-order valence-corrected chi connectivity index (χ1v) is 8.62. The van der Waals surface area contributed by atoms with E-state index in [-0.39, 0.29) is 30.0 Å². The number of hydrogen-bond donors (Lipinski definition) is 1. The lowest BCUT2D eigenvalue weighted by Gasteiger charge is -2.31. The van der Waals surface area contributed by atoms with Crippen LogP contribution in [0.4, 0.5) is 13.2 Å². The van der Waals surface area contributed by atoms with Crippen LogP contribution in [0.5, 0.6) is 5.75 Å². The van der Waals surface area contributed by atoms with Gasteiger partial charge in [0.2, 0.25) is 11.8 Å². The monoisotopic (exact) mass is 372 g/mol. The number of carbonyl (C=O) groups is 2. The predicted molar refractivity (Wildman–Crippen MR) is 89.4 cm³/mol. The number of rotatable bonds is 6. The number of amides is 2. The summed E-state index contributed by atoms with van der Waals surface area (Å²) < 4.78 is 41.3. The molecule has 0 bridgehead atoms. The number of carbonyl (C=O) groups excluding carboxylic acids is 2. The second-order valence-electron chi connectivity index (χ2n) is 6.30. The van der Waals surface area contributed by atoms with Crippen LogP contribution in [0.1, 0.15) is 31.7 Å². The normalized spacial score (nSPS) is 17.7. The van der Waals surface area contributed by atoms with Crippen molar-refractivity contribution in [3.63, 3.8) is 0 Å². The summed E-state index contributed by atoms with van der Waals surface area (Å²) in [5.41, 5.74) is 0.648. The van der Waals surface area contributed by atoms with Gasteiger partial charge in [0.05, 0.1) is 5.92 Å². The lowest BCUT2D eigenvalue weighted by atomic mass is 9.96. The van der Waals surface area contributed by atoms with Gasteiger partial charge in [0.1, 0.15) is 5.75 Å². The molecule has 144 valence electrons. The average Bonchev–Trinajstić information content (AvgIpc) is 2.63. The number of nitrogens with one attached hydrogen (secondary N) is 1. The van der Waals surface area contributed by atoms with Crippen molar-refractivity contribution >= 4 is 11.8 Å². The zero-order valence-corrected chi connectivity index (χ0v) is 14.6. The van der Waals surface area contributed by atoms with E-state index in [0.717, 1.165) is 6.42 Å². The first-order valence-electron chi connectivity index (χ1n) is 8.62. The molecule has 0 saturated carbocycles. The number of ether oxygens (including phenoxy) is 1. The molecular formula is C18H23F3N2O3. The molecule has 0 aromatic heterocycles. The van der Waals surface area contributed by atoms with Crippen molar-refractivity contribution in [1.82, 2.24) is 10.2 Å². The molecule has 1 aromatic rings. The van der Waals surface area contributed by atoms with E-state index in [1.807, 2.05) is 0 Å². The summed E-state index contributed by atoms with van der Waals surface area (Å²) in [7, 11) is 0. The predicted octanol–water partition coefficient (Wildman–Crippen LogP) is 2.89. The van der Waals surface area contributed by atoms with Crippen LogP contribution >= 0.6 is 0 Å². The largest absolute Gasteiger partial charge is 0.484 e. The van der Waals surface area contributed by atoms with E-state index < -0.39 is 12.8 Å². The first-order chi connectivity index (χ1) is 12.3. The van der Waals surface area contributed by atoms with Crippen LogP contribution in [0.15, 0.2) is 24.3 Å². The highest BCUT2D eigenvalue weighted by atomic mass is 19.4. The van der Waals surface area contributed by atoms with Crippen molar-refractivity contribution in [2.75, 3.05) is 19.7 Å². The van der Waals surface area contributed by atoms with Crippen molar-refractivity contribution in [3.05, 3.63) is 29.8 Å². The molecule has 0 unspecified atom stereocenters. The molecule has 8 heteroatoms. The molecule has 1 saturated heterocycles. The maximum Gasteiger partial charge on any atom is 0.422 e. The van der Waals surface area contributed by atoms with Crippen LogP contribution in [0.3, 0.4) is 0 Å². The topological polar surface area (TPSA) is 58.6 Å². The molecule has 0 aliphatic carbocycles. The molecule has 1 N–H and O–H groups in total. The van der Waals surface area contributed by atoms with E-state index in [4.69, 9.17) is 4.74 Å². The summed E-state index contributed by atoms with van der Waals surface area (Å²) in [6.45, 7) is 1.72. The Morgan fingerprint density at radius 3 is 2.81 bits per heavy atom. The van der Waals surface area contributed by atoms with E-state index in [1.54, 1.807) is 24.0 Å². The Balaban J connectivity index is 1.86. The van der Waals surface area contributed by atoms with Gasteiger partial charge in [-0.05, 0) is 30.5 Å². The van der Waals surface area contributed by atoms with E-state index in [9.17, 15) is 22.8 Å². The fraction of sp³-hybridized carbons (Fsp3) is 0.556. The van der Waals surface area contributed by atoms with Gasteiger partial charge < -0.3 is 15.0 Å². The van der Waals surface area contributed by atoms with Gasteiger partial charge >= 0.3 is 6.18 Å². The van der Waals surface area contributed by atoms with Gasteiger partial charge in [-0.3, -0.25) is 9.59 Å². The molecule has 0 spiro atoms. The third-order valence-corrected chi connectivity index (χ3v) is 4.22. The number of piperidine rings is 1. The maximum atomic E-state index is 12.3. The SMILES string of the molecule is CCC(=O)N1CCC[C@H](C(=O)NCc2cccc(OCC(F)(F)F)c2)C1. The molecule has 1 heterocycles. The Morgan fingerprint density at radius 2 is 2.12 bits per heavy atom. The highest BCUT2D eigenvalue weighted by molar-refractivity contribution is 5.81. The lowest BCUT2D eigenvalue weighted by Crippen LogP contribution is -2.45. The van der Waals surface area contributed by atoms with Crippen molar-refractivity contribution in [2.24, 2.45) is 5.92 Å². The molecule has 1 atom stereocenters. The van der Waals surface area contributed by atoms with Crippen LogP contribution in [0.25, 0.3) is 0 Å². The molecule has 2 amide bonds. The third kappa shape index (κ3) is 6.24. The van der Waals surface area contributed by atoms with E-state index >= 15 is 0 Å². The molecule has 0 radical (unpaired) electrons. The maximum absolute atomic E-state index is 12.3. The van der Waals surface area contributed by atoms with Crippen LogP contribution in [0, 0.1) is 5.92 Å². The number of benzene rings is 1. The van der Waals surface area contributed by atoms with E-state index in [0.29, 0.717) is 31.5 Å². The molecular weight excluding hydrogens is 349 g/mol. The summed E-state index contributed by atoms with van der Waals surface area (Å²) in [4.78, 5) is 25.8. The second-order valence-corrected chi connectivity index (χ2v) is 6.30. The lowest BCUT2D eigenvalue weighted by molar-refractivity contribution is -0.153. The van der Waals surface area contributed by atoms with Crippen LogP contribution in [-0.4, -0.2) is 42.6 Å². The number of halogens is 3. The van der Waals surface area contributed by atoms with Gasteiger partial charge in [-0.15, -0.1) is 0 Å². The molecule has 1 aliphatic heterocycles. The summed E-state index contributed by atoms with van der Waals surface area (Å²) in [5.74, 6) is -0.271. The summed E-state index contributed by atoms with van der Waals surface area (Å²) >= 11 is 0. The van der Waals surface area contributed by atoms with Crippen molar-refractivity contribution in [2.45, 2.75) is 38.9 Å². The Hall–Kier alpha value is -2.25. The quantitative estimate of drug-likeness (QED) is 0.835. The highest BCUT2D eigenvalue weighted by Crippen LogP contribution is 2.20. The second kappa shape index (κ2) is 8.91. The van der Waals surface area contributed by atoms with Gasteiger partial charge in [-0.25, -0.2) is 0 Å². The number of likely N-dealkylation sites (tertiary alicyclic amines) is 1. The minimum atomic E-state index is -4.40. The Kier molecular flexibility index (Phi) is 6.88. The Morgan fingerprint density at radius 1 is 1.35 bits per heavy atom. The number of hydrogen-bond acceptors (Lipinski definition) is 3. The van der Waals surface area contributed by atoms with Gasteiger partial charge in [-0.2, -0.15) is 13.2 Å². The third-order valence-electron chi connectivity index (χ3n) is 4.22. The van der Waals surface area contributed by atoms with Crippen molar-refractivity contribution in [3.8, 4) is 5.75 Å². The molecule has 1 aromatic carbocycles. The first kappa shape index (κ1) is 20.1. The van der Waals surface area contributed by atoms with E-state index in [1.165, 1.54) is 12.1 Å². The zero-order chi connectivity index (χ0) is 19.2. The summed E-state index contributed by atoms with van der Waals surface area (Å²) in [6, 6.07) is 6.19. The smallest absolute Gasteiger partial charge is 0.422 e. The van der Waals surface area contributed by atoms with Crippen molar-refractivity contribution < 1.29 is 27.5 Å². The van der Waals surface area contributed by atoms with E-state index in [2.05, 4.69) is 5.32 Å². The number of nitrogens with zero attached hydrogens (tertiary/aromatic N) is 1. The number of alkyl halides is 3. The van der Waals surface area contributed by atoms with Gasteiger partial charge in [0.15, 0.2) is 6.61 Å². The zero-order valence-electron chi connectivity index (χ0n) is 14.6. The van der Waals surface area contributed by atoms with Crippen molar-refractivity contribution in [1.29, 1.82) is 0 Å². The highest BCUT2D eigenvalue weighted by Gasteiger charge is 2.29. The van der Waals surface area contributed by atoms with Gasteiger partial charge in [-0.1, -0.05) is 19.1 Å². The van der Waals surface area contributed by atoms with Gasteiger partial charge in [0.25, 0.3) is 0 Å². The van der Waals surface area contributed by atoms with Crippen LogP contribution in [0.2, 0.25) is 0 Å². The van der Waals surface area contributed by atoms with Gasteiger partial charge in [0, 0.05) is 26.1 Å². The van der Waals surface area contributed by atoms with Crippen LogP contribution < -0.4 is 10.1 Å². The molecule has 2 rings (SSSR count). The standard InChI is InChI=1S/C18H23F3N2O3/c1-2-16(24)23-8-4-6-14(11-23)17(25)22-10-13-5-3-7-15(9-13)26-12-18(19,20)21/h3,5,7,9,14H,2,4,6,8,10-12H2,1H3,(H,22,25)/t14-/m0/s1. The molecule has 26 heavy (non-hydrogen) atoms. The summed E-state index contributed by atoms with van der Waals surface area (Å²) in [6.07, 6.45) is -2.48. The average molecular weight is 372 g/mol. The summed E-state index contributed by atoms with van der Waals surface area (Å²) in [5, 5.41) is 2.79. The Bertz CT molecular complexity index is 634. The molecule has 1 aliphatic rings. The van der Waals surface area contributed by atoms with Crippen LogP contribution in [-0.2, 0) is 16.1 Å². The Labute approximate surface area is 150 Å².